The molecule has 5 aliphatic heterocycles. The van der Waals surface area contributed by atoms with E-state index in [0.29, 0.717) is 43.8 Å². The fourth-order valence-electron chi connectivity index (χ4n) is 9.05. The number of amides is 3. The van der Waals surface area contributed by atoms with Crippen LogP contribution in [0.2, 0.25) is 0 Å². The van der Waals surface area contributed by atoms with Crippen LogP contribution in [0.4, 0.5) is 24.8 Å². The number of piperidine rings is 3. The minimum atomic E-state index is -4.64. The van der Waals surface area contributed by atoms with Crippen molar-refractivity contribution in [2.24, 2.45) is 13.0 Å². The number of halogens is 3. The topological polar surface area (TPSA) is 169 Å². The maximum atomic E-state index is 13.9. The molecular weight excluding hydrogens is 780 g/mol. The second kappa shape index (κ2) is 15.8. The van der Waals surface area contributed by atoms with Gasteiger partial charge in [-0.1, -0.05) is 0 Å². The maximum Gasteiger partial charge on any atom is 0.419 e. The Balaban J connectivity index is 0.798. The van der Waals surface area contributed by atoms with E-state index in [1.807, 2.05) is 25.1 Å². The van der Waals surface area contributed by atoms with Gasteiger partial charge in [0.05, 0.1) is 11.9 Å². The number of aromatic nitrogens is 4. The van der Waals surface area contributed by atoms with E-state index in [2.05, 4.69) is 35.5 Å². The molecule has 58 heavy (non-hydrogen) atoms. The predicted octanol–water partition coefficient (Wildman–Crippen LogP) is 2.70. The predicted molar refractivity (Wildman–Crippen MR) is 206 cm³/mol. The van der Waals surface area contributed by atoms with Gasteiger partial charge in [-0.25, -0.2) is 9.97 Å². The summed E-state index contributed by atoms with van der Waals surface area (Å²) in [5.74, 6) is -0.511. The Labute approximate surface area is 334 Å². The van der Waals surface area contributed by atoms with E-state index < -0.39 is 33.9 Å². The number of anilines is 2. The zero-order valence-electron chi connectivity index (χ0n) is 32.5. The number of piperazine rings is 1. The standard InChI is InChI=1S/C38H48F3N11O5S/c1-24-17-25(21-48-13-15-49(16-14-48)29-3-4-30-26(18-29)23-51(36(30)55)32-5-6-33(53)45-35(32)54)7-12-52(24)58(56,57)50-10-8-28(9-11-50)44-37-42-20-31(38(39,40)41)34(46-37)27-19-43-47(2)22-27/h3-4,18-20,22,24-25,28,32H,5-17,21,23H2,1-2H3,(H,42,44,46)(H,45,53,54). The third kappa shape index (κ3) is 8.15. The third-order valence-corrected chi connectivity index (χ3v) is 14.3. The van der Waals surface area contributed by atoms with E-state index in [1.54, 1.807) is 16.3 Å². The van der Waals surface area contributed by atoms with Gasteiger partial charge in [-0.3, -0.25) is 29.3 Å². The molecule has 7 heterocycles. The first-order valence-corrected chi connectivity index (χ1v) is 21.3. The number of carbonyl (C=O) groups excluding carboxylic acids is 3. The lowest BCUT2D eigenvalue weighted by Crippen LogP contribution is -2.55. The van der Waals surface area contributed by atoms with E-state index >= 15 is 0 Å². The van der Waals surface area contributed by atoms with Crippen LogP contribution in [0.15, 0.2) is 36.8 Å². The highest BCUT2D eigenvalue weighted by Gasteiger charge is 2.41. The lowest BCUT2D eigenvalue weighted by atomic mass is 9.92. The molecule has 4 saturated heterocycles. The highest BCUT2D eigenvalue weighted by molar-refractivity contribution is 7.86. The quantitative estimate of drug-likeness (QED) is 0.305. The molecule has 8 rings (SSSR count). The minimum Gasteiger partial charge on any atom is -0.369 e. The molecule has 20 heteroatoms. The summed E-state index contributed by atoms with van der Waals surface area (Å²) in [6.07, 6.45) is 1.87. The molecule has 1 aromatic carbocycles. The van der Waals surface area contributed by atoms with Gasteiger partial charge in [0.2, 0.25) is 17.8 Å². The van der Waals surface area contributed by atoms with Crippen molar-refractivity contribution in [3.8, 4) is 11.3 Å². The van der Waals surface area contributed by atoms with Crippen molar-refractivity contribution in [2.75, 3.05) is 62.6 Å². The van der Waals surface area contributed by atoms with Crippen LogP contribution in [0.5, 0.6) is 0 Å². The number of nitrogens with one attached hydrogen (secondary N) is 2. The van der Waals surface area contributed by atoms with Gasteiger partial charge in [-0.2, -0.15) is 35.3 Å². The monoisotopic (exact) mass is 827 g/mol. The van der Waals surface area contributed by atoms with Crippen LogP contribution in [0.25, 0.3) is 11.3 Å². The van der Waals surface area contributed by atoms with Crippen LogP contribution < -0.4 is 15.5 Å². The van der Waals surface area contributed by atoms with Crippen LogP contribution in [0.1, 0.15) is 66.9 Å². The number of hydrogen-bond donors (Lipinski definition) is 2. The van der Waals surface area contributed by atoms with Gasteiger partial charge in [-0.05, 0) is 68.7 Å². The lowest BCUT2D eigenvalue weighted by Gasteiger charge is -2.43. The van der Waals surface area contributed by atoms with Gasteiger partial charge in [-0.15, -0.1) is 0 Å². The zero-order valence-corrected chi connectivity index (χ0v) is 33.3. The summed E-state index contributed by atoms with van der Waals surface area (Å²) in [4.78, 5) is 51.6. The molecular formula is C38H48F3N11O5S. The Morgan fingerprint density at radius 2 is 1.72 bits per heavy atom. The highest BCUT2D eigenvalue weighted by atomic mass is 32.2. The normalized spacial score (nSPS) is 24.6. The number of aryl methyl sites for hydroxylation is 1. The first-order chi connectivity index (χ1) is 27.6. The van der Waals surface area contributed by atoms with Crippen molar-refractivity contribution >= 4 is 39.6 Å². The second-order valence-electron chi connectivity index (χ2n) is 16.1. The zero-order chi connectivity index (χ0) is 40.9. The van der Waals surface area contributed by atoms with Crippen molar-refractivity contribution < 1.29 is 36.0 Å². The Morgan fingerprint density at radius 3 is 2.40 bits per heavy atom. The Morgan fingerprint density at radius 1 is 0.966 bits per heavy atom. The van der Waals surface area contributed by atoms with E-state index in [4.69, 9.17) is 0 Å². The summed E-state index contributed by atoms with van der Waals surface area (Å²) in [5, 5.41) is 9.45. The molecule has 5 aliphatic rings. The molecule has 3 unspecified atom stereocenters. The van der Waals surface area contributed by atoms with Crippen LogP contribution in [-0.2, 0) is 39.6 Å². The van der Waals surface area contributed by atoms with Crippen molar-refractivity contribution in [3.63, 3.8) is 0 Å². The van der Waals surface area contributed by atoms with Crippen molar-refractivity contribution in [3.05, 3.63) is 53.5 Å². The van der Waals surface area contributed by atoms with E-state index in [1.165, 1.54) is 21.4 Å². The molecule has 4 fully saturated rings. The van der Waals surface area contributed by atoms with Gasteiger partial charge >= 0.3 is 6.18 Å². The lowest BCUT2D eigenvalue weighted by molar-refractivity contribution is -0.138. The summed E-state index contributed by atoms with van der Waals surface area (Å²) >= 11 is 0. The first kappa shape index (κ1) is 40.1. The number of fused-ring (bicyclic) bond motifs is 1. The Kier molecular flexibility index (Phi) is 11.0. The smallest absolute Gasteiger partial charge is 0.369 e. The Hall–Kier alpha value is -4.66. The summed E-state index contributed by atoms with van der Waals surface area (Å²) < 4.78 is 73.5. The number of rotatable bonds is 9. The molecule has 0 aliphatic carbocycles. The molecule has 0 radical (unpaired) electrons. The maximum absolute atomic E-state index is 13.9. The van der Waals surface area contributed by atoms with Crippen molar-refractivity contribution in [2.45, 2.75) is 76.3 Å². The molecule has 2 aromatic heterocycles. The fourth-order valence-corrected chi connectivity index (χ4v) is 10.9. The molecule has 0 spiro atoms. The van der Waals surface area contributed by atoms with Crippen LogP contribution in [-0.4, -0.2) is 135 Å². The number of benzene rings is 1. The van der Waals surface area contributed by atoms with Gasteiger partial charge in [0.25, 0.3) is 16.1 Å². The molecule has 2 N–H and O–H groups in total. The van der Waals surface area contributed by atoms with E-state index in [9.17, 15) is 36.0 Å². The number of carbonyl (C=O) groups is 3. The summed E-state index contributed by atoms with van der Waals surface area (Å²) in [6.45, 7) is 7.51. The number of alkyl halides is 3. The summed E-state index contributed by atoms with van der Waals surface area (Å²) in [6, 6.07) is 4.82. The largest absolute Gasteiger partial charge is 0.419 e. The summed E-state index contributed by atoms with van der Waals surface area (Å²) in [5.41, 5.74) is 1.51. The fraction of sp³-hybridized carbons (Fsp3) is 0.579. The van der Waals surface area contributed by atoms with Gasteiger partial charge < -0.3 is 15.1 Å². The minimum absolute atomic E-state index is 0.0475. The van der Waals surface area contributed by atoms with E-state index in [-0.39, 0.29) is 60.6 Å². The average Bonchev–Trinajstić information content (AvgIpc) is 3.77. The average molecular weight is 828 g/mol. The molecule has 3 amide bonds. The van der Waals surface area contributed by atoms with E-state index in [0.717, 1.165) is 63.0 Å². The van der Waals surface area contributed by atoms with Crippen molar-refractivity contribution in [1.82, 2.24) is 43.5 Å². The number of hydrogen-bond acceptors (Lipinski definition) is 11. The molecule has 312 valence electrons. The van der Waals surface area contributed by atoms with Gasteiger partial charge in [0, 0.05) is 114 Å². The molecule has 0 bridgehead atoms. The SMILES string of the molecule is CC1CC(CN2CCN(c3ccc4c(c3)CN(C3CCC(=O)NC3=O)C4=O)CC2)CCN1S(=O)(=O)N1CCC(Nc2ncc(C(F)(F)F)c(-c3cnn(C)c3)n2)CC1. The van der Waals surface area contributed by atoms with Crippen molar-refractivity contribution in [1.29, 1.82) is 0 Å². The molecule has 3 aromatic rings. The third-order valence-electron chi connectivity index (χ3n) is 12.2. The highest BCUT2D eigenvalue weighted by Crippen LogP contribution is 2.37. The summed E-state index contributed by atoms with van der Waals surface area (Å²) in [7, 11) is -2.10. The number of nitrogens with zero attached hydrogens (tertiary/aromatic N) is 9. The Bertz CT molecular complexity index is 2170. The first-order valence-electron chi connectivity index (χ1n) is 19.9. The number of imide groups is 1. The molecule has 0 saturated carbocycles. The van der Waals surface area contributed by atoms with Crippen LogP contribution in [0.3, 0.4) is 0 Å². The molecule has 3 atom stereocenters. The van der Waals surface area contributed by atoms with Gasteiger partial charge in [0.15, 0.2) is 0 Å². The van der Waals surface area contributed by atoms with Gasteiger partial charge in [0.1, 0.15) is 11.6 Å². The second-order valence-corrected chi connectivity index (χ2v) is 17.9. The molecule has 16 nitrogen and oxygen atoms in total. The van der Waals surface area contributed by atoms with Crippen LogP contribution >= 0.6 is 0 Å². The van der Waals surface area contributed by atoms with Crippen LogP contribution in [0, 0.1) is 5.92 Å².